The van der Waals surface area contributed by atoms with Gasteiger partial charge in [0.15, 0.2) is 0 Å². The van der Waals surface area contributed by atoms with Crippen molar-refractivity contribution in [3.05, 3.63) is 0 Å². The second-order valence-corrected chi connectivity index (χ2v) is 8.78. The number of carboxylic acid groups (broad SMARTS) is 1. The molecule has 138 valence electrons. The number of carbonyl (C=O) groups excluding carboxylic acids is 1. The van der Waals surface area contributed by atoms with Gasteiger partial charge in [-0.1, -0.05) is 0 Å². The number of rotatable bonds is 8. The lowest BCUT2D eigenvalue weighted by Crippen LogP contribution is -2.44. The van der Waals surface area contributed by atoms with E-state index in [1.54, 1.807) is 4.90 Å². The zero-order chi connectivity index (χ0) is 17.6. The molecule has 7 nitrogen and oxygen atoms in total. The predicted molar refractivity (Wildman–Crippen MR) is 90.0 cm³/mol. The maximum absolute atomic E-state index is 12.4. The molecule has 0 spiro atoms. The third-order valence-electron chi connectivity index (χ3n) is 4.89. The van der Waals surface area contributed by atoms with E-state index >= 15 is 0 Å². The van der Waals surface area contributed by atoms with Crippen molar-refractivity contribution in [1.82, 2.24) is 9.21 Å². The Morgan fingerprint density at radius 3 is 2.33 bits per heavy atom. The second kappa shape index (κ2) is 8.80. The second-order valence-electron chi connectivity index (χ2n) is 6.69. The minimum Gasteiger partial charge on any atom is -0.481 e. The zero-order valence-electron chi connectivity index (χ0n) is 14.2. The number of aliphatic carboxylic acids is 1. The summed E-state index contributed by atoms with van der Waals surface area (Å²) in [5.74, 6) is -0.863. The first kappa shape index (κ1) is 19.2. The van der Waals surface area contributed by atoms with Crippen LogP contribution in [0.2, 0.25) is 0 Å². The molecule has 1 unspecified atom stereocenters. The van der Waals surface area contributed by atoms with Crippen LogP contribution in [0.3, 0.4) is 0 Å². The summed E-state index contributed by atoms with van der Waals surface area (Å²) in [6, 6.07) is -0.0162. The van der Waals surface area contributed by atoms with E-state index in [0.717, 1.165) is 32.1 Å². The highest BCUT2D eigenvalue weighted by atomic mass is 32.2. The highest BCUT2D eigenvalue weighted by Crippen LogP contribution is 2.22. The molecule has 0 radical (unpaired) electrons. The average Bonchev–Trinajstić information content (AvgIpc) is 3.08. The molecule has 2 aliphatic heterocycles. The molecule has 0 aliphatic carbocycles. The van der Waals surface area contributed by atoms with E-state index in [0.29, 0.717) is 32.5 Å². The Morgan fingerprint density at radius 1 is 1.00 bits per heavy atom. The van der Waals surface area contributed by atoms with Gasteiger partial charge in [-0.25, -0.2) is 12.7 Å². The number of likely N-dealkylation sites (tertiary alicyclic amines) is 1. The van der Waals surface area contributed by atoms with Crippen LogP contribution in [0.15, 0.2) is 0 Å². The monoisotopic (exact) mass is 360 g/mol. The van der Waals surface area contributed by atoms with Gasteiger partial charge in [-0.05, 0) is 44.9 Å². The van der Waals surface area contributed by atoms with E-state index in [2.05, 4.69) is 0 Å². The SMILES string of the molecule is O=C(O)CCC1CCCCN1C(=O)CCCS(=O)(=O)N1CCCC1. The van der Waals surface area contributed by atoms with Crippen LogP contribution in [0.1, 0.15) is 57.8 Å². The van der Waals surface area contributed by atoms with Crippen LogP contribution < -0.4 is 0 Å². The highest BCUT2D eigenvalue weighted by Gasteiger charge is 2.28. The first-order chi connectivity index (χ1) is 11.4. The zero-order valence-corrected chi connectivity index (χ0v) is 15.0. The fourth-order valence-corrected chi connectivity index (χ4v) is 5.15. The summed E-state index contributed by atoms with van der Waals surface area (Å²) in [6.07, 6.45) is 5.71. The molecule has 2 saturated heterocycles. The van der Waals surface area contributed by atoms with Crippen molar-refractivity contribution in [2.45, 2.75) is 63.8 Å². The molecule has 1 amide bonds. The molecule has 1 N–H and O–H groups in total. The first-order valence-electron chi connectivity index (χ1n) is 8.89. The van der Waals surface area contributed by atoms with Gasteiger partial charge in [-0.15, -0.1) is 0 Å². The van der Waals surface area contributed by atoms with Crippen molar-refractivity contribution < 1.29 is 23.1 Å². The number of hydrogen-bond acceptors (Lipinski definition) is 4. The van der Waals surface area contributed by atoms with Crippen molar-refractivity contribution in [2.75, 3.05) is 25.4 Å². The number of carbonyl (C=O) groups is 2. The Hall–Kier alpha value is -1.15. The van der Waals surface area contributed by atoms with E-state index in [9.17, 15) is 18.0 Å². The molecule has 2 aliphatic rings. The van der Waals surface area contributed by atoms with E-state index in [1.807, 2.05) is 0 Å². The lowest BCUT2D eigenvalue weighted by atomic mass is 9.97. The smallest absolute Gasteiger partial charge is 0.303 e. The molecule has 1 atom stereocenters. The van der Waals surface area contributed by atoms with Crippen LogP contribution in [0.4, 0.5) is 0 Å². The van der Waals surface area contributed by atoms with E-state index < -0.39 is 16.0 Å². The molecule has 2 heterocycles. The normalized spacial score (nSPS) is 22.7. The predicted octanol–water partition coefficient (Wildman–Crippen LogP) is 1.44. The lowest BCUT2D eigenvalue weighted by molar-refractivity contribution is -0.140. The van der Waals surface area contributed by atoms with Crippen molar-refractivity contribution in [1.29, 1.82) is 0 Å². The van der Waals surface area contributed by atoms with Crippen molar-refractivity contribution in [3.63, 3.8) is 0 Å². The van der Waals surface area contributed by atoms with Gasteiger partial charge >= 0.3 is 5.97 Å². The van der Waals surface area contributed by atoms with Gasteiger partial charge in [0.25, 0.3) is 0 Å². The molecule has 2 rings (SSSR count). The molecule has 24 heavy (non-hydrogen) atoms. The van der Waals surface area contributed by atoms with E-state index in [1.165, 1.54) is 4.31 Å². The Bertz CT molecular complexity index is 543. The number of carboxylic acids is 1. The maximum atomic E-state index is 12.4. The summed E-state index contributed by atoms with van der Waals surface area (Å²) in [7, 11) is -3.24. The molecule has 0 bridgehead atoms. The van der Waals surface area contributed by atoms with Gasteiger partial charge in [-0.2, -0.15) is 0 Å². The van der Waals surface area contributed by atoms with Crippen molar-refractivity contribution in [3.8, 4) is 0 Å². The van der Waals surface area contributed by atoms with Gasteiger partial charge in [0.2, 0.25) is 15.9 Å². The topological polar surface area (TPSA) is 95.0 Å². The van der Waals surface area contributed by atoms with Crippen LogP contribution in [-0.2, 0) is 19.6 Å². The van der Waals surface area contributed by atoms with Gasteiger partial charge in [0, 0.05) is 38.5 Å². The number of nitrogens with zero attached hydrogens (tertiary/aromatic N) is 2. The number of sulfonamides is 1. The van der Waals surface area contributed by atoms with Gasteiger partial charge in [0.1, 0.15) is 0 Å². The van der Waals surface area contributed by atoms with Crippen LogP contribution in [0, 0.1) is 0 Å². The third-order valence-corrected chi connectivity index (χ3v) is 6.85. The molecule has 0 saturated carbocycles. The largest absolute Gasteiger partial charge is 0.481 e. The van der Waals surface area contributed by atoms with E-state index in [4.69, 9.17) is 5.11 Å². The van der Waals surface area contributed by atoms with E-state index in [-0.39, 0.29) is 30.5 Å². The Balaban J connectivity index is 1.80. The quantitative estimate of drug-likeness (QED) is 0.707. The Kier molecular flexibility index (Phi) is 7.03. The molecule has 8 heteroatoms. The van der Waals surface area contributed by atoms with Gasteiger partial charge in [-0.3, -0.25) is 9.59 Å². The first-order valence-corrected chi connectivity index (χ1v) is 10.5. The fraction of sp³-hybridized carbons (Fsp3) is 0.875. The van der Waals surface area contributed by atoms with Crippen molar-refractivity contribution in [2.24, 2.45) is 0 Å². The molecular formula is C16H28N2O5S. The average molecular weight is 360 g/mol. The lowest BCUT2D eigenvalue weighted by Gasteiger charge is -2.35. The van der Waals surface area contributed by atoms with Crippen LogP contribution in [-0.4, -0.2) is 66.0 Å². The summed E-state index contributed by atoms with van der Waals surface area (Å²) in [4.78, 5) is 25.0. The fourth-order valence-electron chi connectivity index (χ4n) is 3.56. The summed E-state index contributed by atoms with van der Waals surface area (Å²) >= 11 is 0. The Morgan fingerprint density at radius 2 is 1.67 bits per heavy atom. The molecule has 2 fully saturated rings. The minimum absolute atomic E-state index is 0.0162. The summed E-state index contributed by atoms with van der Waals surface area (Å²) in [5, 5.41) is 8.83. The molecule has 0 aromatic carbocycles. The summed E-state index contributed by atoms with van der Waals surface area (Å²) in [5.41, 5.74) is 0. The van der Waals surface area contributed by atoms with Gasteiger partial charge < -0.3 is 10.0 Å². The highest BCUT2D eigenvalue weighted by molar-refractivity contribution is 7.89. The standard InChI is InChI=1S/C16H28N2O5S/c19-15(7-5-13-24(22,23)17-10-3-4-11-17)18-12-2-1-6-14(18)8-9-16(20)21/h14H,1-13H2,(H,20,21). The minimum atomic E-state index is -3.24. The molecule has 0 aromatic rings. The van der Waals surface area contributed by atoms with Crippen LogP contribution >= 0.6 is 0 Å². The maximum Gasteiger partial charge on any atom is 0.303 e. The summed E-state index contributed by atoms with van der Waals surface area (Å²) < 4.78 is 25.9. The number of amides is 1. The van der Waals surface area contributed by atoms with Crippen LogP contribution in [0.5, 0.6) is 0 Å². The van der Waals surface area contributed by atoms with Crippen molar-refractivity contribution >= 4 is 21.9 Å². The third kappa shape index (κ3) is 5.44. The summed E-state index contributed by atoms with van der Waals surface area (Å²) in [6.45, 7) is 1.85. The van der Waals surface area contributed by atoms with Crippen LogP contribution in [0.25, 0.3) is 0 Å². The molecular weight excluding hydrogens is 332 g/mol. The molecule has 0 aromatic heterocycles. The Labute approximate surface area is 144 Å². The number of hydrogen-bond donors (Lipinski definition) is 1. The van der Waals surface area contributed by atoms with Gasteiger partial charge in [0.05, 0.1) is 5.75 Å². The number of piperidine rings is 1.